The van der Waals surface area contributed by atoms with Crippen molar-refractivity contribution in [1.82, 2.24) is 10.4 Å². The van der Waals surface area contributed by atoms with Gasteiger partial charge in [-0.05, 0) is 18.9 Å². The van der Waals surface area contributed by atoms with E-state index in [1.165, 1.54) is 24.3 Å². The van der Waals surface area contributed by atoms with Gasteiger partial charge in [-0.25, -0.2) is 0 Å². The number of para-hydroxylation sites is 1. The second-order valence-corrected chi connectivity index (χ2v) is 8.30. The number of carbonyl (C=O) groups is 3. The summed E-state index contributed by atoms with van der Waals surface area (Å²) < 4.78 is 0. The summed E-state index contributed by atoms with van der Waals surface area (Å²) in [5, 5.41) is 11.7. The number of nitrogens with one attached hydrogen (secondary N) is 1. The van der Waals surface area contributed by atoms with Gasteiger partial charge in [-0.3, -0.25) is 29.9 Å². The van der Waals surface area contributed by atoms with Gasteiger partial charge in [-0.15, -0.1) is 0 Å². The maximum absolute atomic E-state index is 12.5. The van der Waals surface area contributed by atoms with E-state index in [4.69, 9.17) is 0 Å². The van der Waals surface area contributed by atoms with Crippen molar-refractivity contribution in [3.63, 3.8) is 0 Å². The van der Waals surface area contributed by atoms with Crippen LogP contribution in [0.15, 0.2) is 24.3 Å². The zero-order chi connectivity index (χ0) is 18.3. The Labute approximate surface area is 159 Å². The lowest BCUT2D eigenvalue weighted by molar-refractivity contribution is -0.385. The third-order valence-electron chi connectivity index (χ3n) is 4.47. The highest BCUT2D eigenvalue weighted by atomic mass is 79.9. The lowest BCUT2D eigenvalue weighted by Crippen LogP contribution is -2.46. The number of amides is 3. The zero-order valence-electron chi connectivity index (χ0n) is 12.7. The number of hydrazine groups is 1. The molecule has 4 atom stereocenters. The van der Waals surface area contributed by atoms with Crippen LogP contribution in [0.2, 0.25) is 0 Å². The molecule has 10 heteroatoms. The lowest BCUT2D eigenvalue weighted by atomic mass is 9.81. The van der Waals surface area contributed by atoms with E-state index < -0.39 is 40.2 Å². The molecule has 3 rings (SSSR count). The van der Waals surface area contributed by atoms with Gasteiger partial charge in [0.25, 0.3) is 23.4 Å². The van der Waals surface area contributed by atoms with Gasteiger partial charge in [0.15, 0.2) is 0 Å². The Hall–Kier alpha value is -1.81. The molecule has 1 aliphatic carbocycles. The first kappa shape index (κ1) is 18.0. The number of hydrogen-bond acceptors (Lipinski definition) is 5. The van der Waals surface area contributed by atoms with E-state index in [1.807, 2.05) is 0 Å². The maximum atomic E-state index is 12.5. The highest BCUT2D eigenvalue weighted by Crippen LogP contribution is 2.42. The summed E-state index contributed by atoms with van der Waals surface area (Å²) in [4.78, 5) is 47.8. The number of fused-ring (bicyclic) bond motifs is 1. The number of halogens is 2. The Balaban J connectivity index is 1.82. The summed E-state index contributed by atoms with van der Waals surface area (Å²) in [5.74, 6) is -2.83. The van der Waals surface area contributed by atoms with Crippen LogP contribution in [0.25, 0.3) is 0 Å². The standard InChI is InChI=1S/C15H13Br2N3O5/c16-10-5-8-9(6-11(10)17)15(23)19(14(8)22)18-13(21)7-3-1-2-4-12(7)20(24)25/h1-4,8-11H,5-6H2,(H,18,21)/t8-,9-,10+,11+/m1/s1. The van der Waals surface area contributed by atoms with Crippen LogP contribution < -0.4 is 5.43 Å². The summed E-state index contributed by atoms with van der Waals surface area (Å²) in [6.07, 6.45) is 0.950. The van der Waals surface area contributed by atoms with E-state index in [0.29, 0.717) is 17.9 Å². The quantitative estimate of drug-likeness (QED) is 0.312. The molecule has 1 saturated carbocycles. The largest absolute Gasteiger partial charge is 0.282 e. The van der Waals surface area contributed by atoms with Gasteiger partial charge in [-0.2, -0.15) is 5.01 Å². The van der Waals surface area contributed by atoms with Crippen molar-refractivity contribution < 1.29 is 19.3 Å². The molecule has 3 amide bonds. The zero-order valence-corrected chi connectivity index (χ0v) is 15.9. The minimum absolute atomic E-state index is 0.0522. The highest BCUT2D eigenvalue weighted by Gasteiger charge is 2.52. The number of rotatable bonds is 3. The van der Waals surface area contributed by atoms with Crippen molar-refractivity contribution in [2.45, 2.75) is 22.5 Å². The van der Waals surface area contributed by atoms with Crippen molar-refractivity contribution in [2.75, 3.05) is 0 Å². The molecule has 1 aliphatic heterocycles. The Morgan fingerprint density at radius 3 is 2.16 bits per heavy atom. The summed E-state index contributed by atoms with van der Waals surface area (Å²) in [6.45, 7) is 0. The second-order valence-electron chi connectivity index (χ2n) is 5.94. The molecular formula is C15H13Br2N3O5. The van der Waals surface area contributed by atoms with Gasteiger partial charge in [0.05, 0.1) is 16.8 Å². The topological polar surface area (TPSA) is 110 Å². The predicted molar refractivity (Wildman–Crippen MR) is 94.1 cm³/mol. The predicted octanol–water partition coefficient (Wildman–Crippen LogP) is 2.16. The van der Waals surface area contributed by atoms with Crippen molar-refractivity contribution in [2.24, 2.45) is 11.8 Å². The van der Waals surface area contributed by atoms with Crippen LogP contribution >= 0.6 is 31.9 Å². The van der Waals surface area contributed by atoms with Crippen molar-refractivity contribution in [3.8, 4) is 0 Å². The lowest BCUT2D eigenvalue weighted by Gasteiger charge is -2.29. The number of benzene rings is 1. The average Bonchev–Trinajstić information content (AvgIpc) is 2.80. The van der Waals surface area contributed by atoms with Crippen LogP contribution in [0.3, 0.4) is 0 Å². The first-order chi connectivity index (χ1) is 11.8. The highest BCUT2D eigenvalue weighted by molar-refractivity contribution is 9.12. The molecule has 0 spiro atoms. The van der Waals surface area contributed by atoms with Crippen molar-refractivity contribution in [3.05, 3.63) is 39.9 Å². The van der Waals surface area contributed by atoms with Gasteiger partial charge < -0.3 is 0 Å². The Morgan fingerprint density at radius 2 is 1.64 bits per heavy atom. The molecule has 8 nitrogen and oxygen atoms in total. The van der Waals surface area contributed by atoms with Crippen molar-refractivity contribution >= 4 is 55.3 Å². The smallest absolute Gasteiger partial charge is 0.272 e. The molecule has 0 aromatic heterocycles. The molecule has 1 aromatic carbocycles. The summed E-state index contributed by atoms with van der Waals surface area (Å²) in [5.41, 5.74) is 1.64. The van der Waals surface area contributed by atoms with Gasteiger partial charge in [-0.1, -0.05) is 44.0 Å². The molecule has 1 N–H and O–H groups in total. The van der Waals surface area contributed by atoms with Crippen molar-refractivity contribution in [1.29, 1.82) is 0 Å². The number of hydrogen-bond donors (Lipinski definition) is 1. The normalized spacial score (nSPS) is 28.6. The molecule has 1 saturated heterocycles. The number of imide groups is 1. The number of nitro groups is 1. The monoisotopic (exact) mass is 473 g/mol. The summed E-state index contributed by atoms with van der Waals surface area (Å²) >= 11 is 6.96. The maximum Gasteiger partial charge on any atom is 0.282 e. The number of alkyl halides is 2. The van der Waals surface area contributed by atoms with Gasteiger partial charge >= 0.3 is 0 Å². The molecule has 0 bridgehead atoms. The van der Waals surface area contributed by atoms with E-state index >= 15 is 0 Å². The summed E-state index contributed by atoms with van der Waals surface area (Å²) in [7, 11) is 0. The van der Waals surface area contributed by atoms with Gasteiger partial charge in [0.1, 0.15) is 5.56 Å². The molecule has 25 heavy (non-hydrogen) atoms. The third-order valence-corrected chi connectivity index (χ3v) is 7.20. The molecule has 132 valence electrons. The fourth-order valence-corrected chi connectivity index (χ4v) is 4.43. The molecule has 2 fully saturated rings. The van der Waals surface area contributed by atoms with Crippen LogP contribution in [0.5, 0.6) is 0 Å². The Morgan fingerprint density at radius 1 is 1.12 bits per heavy atom. The minimum Gasteiger partial charge on any atom is -0.272 e. The molecule has 2 aliphatic rings. The second kappa shape index (κ2) is 6.83. The number of carbonyl (C=O) groups excluding carboxylic acids is 3. The number of nitrogens with zero attached hydrogens (tertiary/aromatic N) is 2. The van der Waals surface area contributed by atoms with E-state index in [1.54, 1.807) is 0 Å². The van der Waals surface area contributed by atoms with Crippen LogP contribution in [-0.4, -0.2) is 37.3 Å². The number of nitro benzene ring substituents is 1. The van der Waals surface area contributed by atoms with Crippen LogP contribution in [0, 0.1) is 22.0 Å². The molecular weight excluding hydrogens is 462 g/mol. The third kappa shape index (κ3) is 3.20. The van der Waals surface area contributed by atoms with E-state index in [9.17, 15) is 24.5 Å². The average molecular weight is 475 g/mol. The molecule has 0 radical (unpaired) electrons. The van der Waals surface area contributed by atoms with E-state index in [0.717, 1.165) is 0 Å². The van der Waals surface area contributed by atoms with Crippen LogP contribution in [0.1, 0.15) is 23.2 Å². The van der Waals surface area contributed by atoms with Gasteiger partial charge in [0.2, 0.25) is 0 Å². The first-order valence-electron chi connectivity index (χ1n) is 7.51. The fraction of sp³-hybridized carbons (Fsp3) is 0.400. The Kier molecular flexibility index (Phi) is 4.92. The van der Waals surface area contributed by atoms with Gasteiger partial charge in [0, 0.05) is 15.7 Å². The first-order valence-corrected chi connectivity index (χ1v) is 9.34. The van der Waals surface area contributed by atoms with E-state index in [-0.39, 0.29) is 15.2 Å². The molecule has 1 aromatic rings. The molecule has 1 heterocycles. The fourth-order valence-electron chi connectivity index (χ4n) is 3.19. The SMILES string of the molecule is O=C(NN1C(=O)[C@@H]2C[C@H](Br)[C@@H](Br)C[C@H]2C1=O)c1ccccc1[N+](=O)[O-]. The van der Waals surface area contributed by atoms with Crippen LogP contribution in [0.4, 0.5) is 5.69 Å². The molecule has 0 unspecified atom stereocenters. The van der Waals surface area contributed by atoms with Crippen LogP contribution in [-0.2, 0) is 9.59 Å². The Bertz CT molecular complexity index is 743. The summed E-state index contributed by atoms with van der Waals surface area (Å²) in [6, 6.07) is 5.36. The van der Waals surface area contributed by atoms with E-state index in [2.05, 4.69) is 37.3 Å². The minimum atomic E-state index is -0.863.